The maximum atomic E-state index is 12.2. The molecule has 0 aromatic carbocycles. The molecule has 3 nitrogen and oxygen atoms in total. The first-order valence-corrected chi connectivity index (χ1v) is 7.65. The molecule has 0 saturated heterocycles. The first-order valence-electron chi connectivity index (χ1n) is 7.65. The van der Waals surface area contributed by atoms with Crippen LogP contribution in [0, 0.1) is 5.92 Å². The summed E-state index contributed by atoms with van der Waals surface area (Å²) in [7, 11) is 0. The molecule has 1 aliphatic rings. The third-order valence-corrected chi connectivity index (χ3v) is 4.59. The van der Waals surface area contributed by atoms with Crippen molar-refractivity contribution >= 4 is 5.91 Å². The predicted octanol–water partition coefficient (Wildman–Crippen LogP) is 2.98. The van der Waals surface area contributed by atoms with Crippen LogP contribution in [0.2, 0.25) is 0 Å². The van der Waals surface area contributed by atoms with E-state index in [4.69, 9.17) is 5.73 Å². The second kappa shape index (κ2) is 7.13. The second-order valence-corrected chi connectivity index (χ2v) is 5.84. The van der Waals surface area contributed by atoms with Crippen LogP contribution < -0.4 is 11.1 Å². The lowest BCUT2D eigenvalue weighted by atomic mass is 9.83. The van der Waals surface area contributed by atoms with Crippen LogP contribution in [-0.2, 0) is 4.79 Å². The Kier molecular flexibility index (Phi) is 6.13. The molecule has 0 atom stereocenters. The van der Waals surface area contributed by atoms with Crippen molar-refractivity contribution in [2.24, 2.45) is 11.7 Å². The van der Waals surface area contributed by atoms with Crippen molar-refractivity contribution in [3.8, 4) is 0 Å². The summed E-state index contributed by atoms with van der Waals surface area (Å²) in [5, 5.41) is 3.16. The lowest BCUT2D eigenvalue weighted by molar-refractivity contribution is -0.127. The van der Waals surface area contributed by atoms with Crippen molar-refractivity contribution in [1.29, 1.82) is 0 Å². The highest BCUT2D eigenvalue weighted by Crippen LogP contribution is 2.28. The van der Waals surface area contributed by atoms with Crippen molar-refractivity contribution < 1.29 is 4.79 Å². The first-order chi connectivity index (χ1) is 8.55. The maximum absolute atomic E-state index is 12.2. The summed E-state index contributed by atoms with van der Waals surface area (Å²) in [6.07, 6.45) is 8.80. The molecule has 1 aliphatic carbocycles. The van der Waals surface area contributed by atoms with Gasteiger partial charge in [0.1, 0.15) is 0 Å². The molecule has 3 heteroatoms. The molecule has 0 spiro atoms. The van der Waals surface area contributed by atoms with Gasteiger partial charge >= 0.3 is 0 Å². The molecular formula is C15H30N2O. The Morgan fingerprint density at radius 3 is 2.17 bits per heavy atom. The number of hydrogen-bond acceptors (Lipinski definition) is 2. The lowest BCUT2D eigenvalue weighted by Gasteiger charge is -2.32. The van der Waals surface area contributed by atoms with Crippen LogP contribution in [0.4, 0.5) is 0 Å². The number of hydrogen-bond donors (Lipinski definition) is 2. The van der Waals surface area contributed by atoms with Crippen molar-refractivity contribution in [1.82, 2.24) is 5.32 Å². The summed E-state index contributed by atoms with van der Waals surface area (Å²) in [4.78, 5) is 12.2. The highest BCUT2D eigenvalue weighted by Gasteiger charge is 2.32. The minimum absolute atomic E-state index is 0.0476. The molecule has 0 radical (unpaired) electrons. The van der Waals surface area contributed by atoms with Gasteiger partial charge in [0.15, 0.2) is 0 Å². The second-order valence-electron chi connectivity index (χ2n) is 5.84. The quantitative estimate of drug-likeness (QED) is 0.765. The highest BCUT2D eigenvalue weighted by atomic mass is 16.2. The third kappa shape index (κ3) is 3.98. The predicted molar refractivity (Wildman–Crippen MR) is 76.3 cm³/mol. The zero-order chi connectivity index (χ0) is 13.6. The third-order valence-electron chi connectivity index (χ3n) is 4.59. The largest absolute Gasteiger partial charge is 0.352 e. The van der Waals surface area contributed by atoms with E-state index < -0.39 is 5.54 Å². The molecule has 3 N–H and O–H groups in total. The number of nitrogens with one attached hydrogen (secondary N) is 1. The van der Waals surface area contributed by atoms with E-state index in [1.165, 1.54) is 25.7 Å². The van der Waals surface area contributed by atoms with E-state index in [9.17, 15) is 4.79 Å². The maximum Gasteiger partial charge on any atom is 0.240 e. The van der Waals surface area contributed by atoms with Crippen molar-refractivity contribution in [2.45, 2.75) is 83.7 Å². The minimum atomic E-state index is -0.666. The summed E-state index contributed by atoms with van der Waals surface area (Å²) >= 11 is 0. The molecule has 106 valence electrons. The standard InChI is InChI=1S/C15H30N2O/c1-4-7-12-8-10-13(11-9-12)17-14(18)15(16,5-2)6-3/h12-13H,4-11,16H2,1-3H3,(H,17,18). The molecule has 1 amide bonds. The number of nitrogens with two attached hydrogens (primary N) is 1. The van der Waals surface area contributed by atoms with Gasteiger partial charge in [-0.05, 0) is 44.4 Å². The molecule has 0 bridgehead atoms. The molecule has 18 heavy (non-hydrogen) atoms. The van der Waals surface area contributed by atoms with Gasteiger partial charge in [0.05, 0.1) is 5.54 Å². The molecule has 1 fully saturated rings. The molecule has 1 saturated carbocycles. The normalized spacial score (nSPS) is 24.9. The van der Waals surface area contributed by atoms with E-state index >= 15 is 0 Å². The fourth-order valence-corrected chi connectivity index (χ4v) is 2.90. The van der Waals surface area contributed by atoms with E-state index in [-0.39, 0.29) is 5.91 Å². The Hall–Kier alpha value is -0.570. The van der Waals surface area contributed by atoms with Crippen LogP contribution in [-0.4, -0.2) is 17.5 Å². The zero-order valence-electron chi connectivity index (χ0n) is 12.3. The number of rotatable bonds is 6. The SMILES string of the molecule is CCCC1CCC(NC(=O)C(N)(CC)CC)CC1. The molecular weight excluding hydrogens is 224 g/mol. The fraction of sp³-hybridized carbons (Fsp3) is 0.933. The van der Waals surface area contributed by atoms with Gasteiger partial charge in [0.25, 0.3) is 0 Å². The Morgan fingerprint density at radius 1 is 1.17 bits per heavy atom. The van der Waals surface area contributed by atoms with Gasteiger partial charge < -0.3 is 11.1 Å². The fourth-order valence-electron chi connectivity index (χ4n) is 2.90. The smallest absolute Gasteiger partial charge is 0.240 e. The van der Waals surface area contributed by atoms with E-state index in [0.29, 0.717) is 18.9 Å². The molecule has 0 aromatic rings. The zero-order valence-corrected chi connectivity index (χ0v) is 12.3. The van der Waals surface area contributed by atoms with Gasteiger partial charge in [-0.3, -0.25) is 4.79 Å². The average Bonchev–Trinajstić information content (AvgIpc) is 2.40. The first kappa shape index (κ1) is 15.5. The lowest BCUT2D eigenvalue weighted by Crippen LogP contribution is -2.55. The van der Waals surface area contributed by atoms with Crippen LogP contribution in [0.3, 0.4) is 0 Å². The summed E-state index contributed by atoms with van der Waals surface area (Å²) in [6, 6.07) is 0.353. The average molecular weight is 254 g/mol. The molecule has 0 aliphatic heterocycles. The van der Waals surface area contributed by atoms with Crippen LogP contribution in [0.5, 0.6) is 0 Å². The van der Waals surface area contributed by atoms with Crippen LogP contribution in [0.15, 0.2) is 0 Å². The number of amides is 1. The van der Waals surface area contributed by atoms with Gasteiger partial charge in [-0.2, -0.15) is 0 Å². The van der Waals surface area contributed by atoms with E-state index in [1.807, 2.05) is 13.8 Å². The van der Waals surface area contributed by atoms with Gasteiger partial charge in [-0.1, -0.05) is 33.6 Å². The van der Waals surface area contributed by atoms with E-state index in [1.54, 1.807) is 0 Å². The number of carbonyl (C=O) groups excluding carboxylic acids is 1. The van der Waals surface area contributed by atoms with Crippen LogP contribution in [0.1, 0.15) is 72.1 Å². The van der Waals surface area contributed by atoms with Crippen molar-refractivity contribution in [3.05, 3.63) is 0 Å². The van der Waals surface area contributed by atoms with Crippen LogP contribution >= 0.6 is 0 Å². The van der Waals surface area contributed by atoms with E-state index in [0.717, 1.165) is 18.8 Å². The van der Waals surface area contributed by atoms with E-state index in [2.05, 4.69) is 12.2 Å². The van der Waals surface area contributed by atoms with Gasteiger partial charge in [0.2, 0.25) is 5.91 Å². The minimum Gasteiger partial charge on any atom is -0.352 e. The Bertz CT molecular complexity index is 253. The van der Waals surface area contributed by atoms with Gasteiger partial charge in [-0.25, -0.2) is 0 Å². The highest BCUT2D eigenvalue weighted by molar-refractivity contribution is 5.86. The summed E-state index contributed by atoms with van der Waals surface area (Å²) in [6.45, 7) is 6.22. The van der Waals surface area contributed by atoms with Crippen molar-refractivity contribution in [3.63, 3.8) is 0 Å². The Labute approximate surface area is 112 Å². The summed E-state index contributed by atoms with van der Waals surface area (Å²) in [5.41, 5.74) is 5.45. The topological polar surface area (TPSA) is 55.1 Å². The Morgan fingerprint density at radius 2 is 1.72 bits per heavy atom. The van der Waals surface area contributed by atoms with Gasteiger partial charge in [-0.15, -0.1) is 0 Å². The number of carbonyl (C=O) groups is 1. The summed E-state index contributed by atoms with van der Waals surface area (Å²) in [5.74, 6) is 0.926. The molecule has 1 rings (SSSR count). The molecule has 0 unspecified atom stereocenters. The molecule has 0 heterocycles. The molecule has 0 aromatic heterocycles. The monoisotopic (exact) mass is 254 g/mol. The Balaban J connectivity index is 2.39. The van der Waals surface area contributed by atoms with Crippen LogP contribution in [0.25, 0.3) is 0 Å². The van der Waals surface area contributed by atoms with Crippen molar-refractivity contribution in [2.75, 3.05) is 0 Å². The summed E-state index contributed by atoms with van der Waals surface area (Å²) < 4.78 is 0. The van der Waals surface area contributed by atoms with Gasteiger partial charge in [0, 0.05) is 6.04 Å².